The first-order valence-corrected chi connectivity index (χ1v) is 7.21. The summed E-state index contributed by atoms with van der Waals surface area (Å²) in [6.45, 7) is 1.73. The zero-order valence-corrected chi connectivity index (χ0v) is 11.6. The van der Waals surface area contributed by atoms with E-state index < -0.39 is 12.0 Å². The van der Waals surface area contributed by atoms with Crippen LogP contribution in [0.15, 0.2) is 24.3 Å². The van der Waals surface area contributed by atoms with Gasteiger partial charge >= 0.3 is 6.36 Å². The van der Waals surface area contributed by atoms with E-state index in [0.29, 0.717) is 12.0 Å². The minimum atomic E-state index is -4.71. The van der Waals surface area contributed by atoms with E-state index in [0.717, 1.165) is 32.4 Å². The number of alkyl halides is 3. The molecule has 2 aliphatic rings. The van der Waals surface area contributed by atoms with Crippen molar-refractivity contribution in [1.82, 2.24) is 4.90 Å². The van der Waals surface area contributed by atoms with Gasteiger partial charge in [0.25, 0.3) is 0 Å². The standard InChI is InChI=1S/C15H18F3NO2/c16-15(17,18)21-12-5-3-4-11(10-12)14(20)7-9-19-8-2-1-6-13(14)19/h3-5,10,13,20H,1-2,6-9H2. The molecule has 0 radical (unpaired) electrons. The molecule has 2 atom stereocenters. The summed E-state index contributed by atoms with van der Waals surface area (Å²) in [5.41, 5.74) is -0.565. The molecule has 0 saturated carbocycles. The molecule has 0 aliphatic carbocycles. The molecule has 2 unspecified atom stereocenters. The fourth-order valence-corrected chi connectivity index (χ4v) is 3.58. The topological polar surface area (TPSA) is 32.7 Å². The Balaban J connectivity index is 1.87. The van der Waals surface area contributed by atoms with Crippen LogP contribution in [-0.4, -0.2) is 35.5 Å². The van der Waals surface area contributed by atoms with Crippen LogP contribution < -0.4 is 4.74 Å². The molecule has 0 bridgehead atoms. The van der Waals surface area contributed by atoms with Crippen LogP contribution in [0.3, 0.4) is 0 Å². The van der Waals surface area contributed by atoms with Crippen molar-refractivity contribution in [2.75, 3.05) is 13.1 Å². The minimum Gasteiger partial charge on any atom is -0.406 e. The Morgan fingerprint density at radius 3 is 2.81 bits per heavy atom. The number of hydrogen-bond donors (Lipinski definition) is 1. The Morgan fingerprint density at radius 2 is 2.05 bits per heavy atom. The predicted molar refractivity (Wildman–Crippen MR) is 70.9 cm³/mol. The monoisotopic (exact) mass is 301 g/mol. The molecule has 2 heterocycles. The first-order valence-electron chi connectivity index (χ1n) is 7.21. The third-order valence-electron chi connectivity index (χ3n) is 4.51. The maximum absolute atomic E-state index is 12.3. The molecular weight excluding hydrogens is 283 g/mol. The normalized spacial score (nSPS) is 30.2. The first kappa shape index (κ1) is 14.7. The quantitative estimate of drug-likeness (QED) is 0.911. The van der Waals surface area contributed by atoms with Gasteiger partial charge in [-0.25, -0.2) is 0 Å². The van der Waals surface area contributed by atoms with Gasteiger partial charge in [-0.3, -0.25) is 4.90 Å². The average Bonchev–Trinajstić information content (AvgIpc) is 2.77. The van der Waals surface area contributed by atoms with Crippen LogP contribution in [0.2, 0.25) is 0 Å². The summed E-state index contributed by atoms with van der Waals surface area (Å²) in [6.07, 6.45) is -1.13. The highest BCUT2D eigenvalue weighted by molar-refractivity contribution is 5.34. The van der Waals surface area contributed by atoms with E-state index in [1.165, 1.54) is 18.2 Å². The number of ether oxygens (including phenoxy) is 1. The third-order valence-corrected chi connectivity index (χ3v) is 4.51. The molecule has 116 valence electrons. The Bertz CT molecular complexity index is 520. The second kappa shape index (κ2) is 5.18. The lowest BCUT2D eigenvalue weighted by molar-refractivity contribution is -0.274. The zero-order valence-electron chi connectivity index (χ0n) is 11.6. The zero-order chi connectivity index (χ0) is 15.1. The molecule has 1 aromatic carbocycles. The second-order valence-corrected chi connectivity index (χ2v) is 5.80. The lowest BCUT2D eigenvalue weighted by atomic mass is 9.83. The molecule has 6 heteroatoms. The van der Waals surface area contributed by atoms with Gasteiger partial charge in [0.1, 0.15) is 11.4 Å². The highest BCUT2D eigenvalue weighted by atomic mass is 19.4. The van der Waals surface area contributed by atoms with Gasteiger partial charge in [-0.2, -0.15) is 0 Å². The van der Waals surface area contributed by atoms with E-state index in [2.05, 4.69) is 9.64 Å². The SMILES string of the molecule is OC1(c2cccc(OC(F)(F)F)c2)CCN2CCCCC21. The summed E-state index contributed by atoms with van der Waals surface area (Å²) in [6, 6.07) is 5.74. The summed E-state index contributed by atoms with van der Waals surface area (Å²) in [5.74, 6) is -0.275. The van der Waals surface area contributed by atoms with Crippen LogP contribution in [0.5, 0.6) is 5.75 Å². The molecule has 3 rings (SSSR count). The van der Waals surface area contributed by atoms with Crippen LogP contribution in [0.25, 0.3) is 0 Å². The van der Waals surface area contributed by atoms with E-state index in [1.54, 1.807) is 6.07 Å². The van der Waals surface area contributed by atoms with E-state index >= 15 is 0 Å². The lowest BCUT2D eigenvalue weighted by Crippen LogP contribution is -2.45. The molecular formula is C15H18F3NO2. The van der Waals surface area contributed by atoms with Crippen molar-refractivity contribution in [1.29, 1.82) is 0 Å². The Hall–Kier alpha value is -1.27. The van der Waals surface area contributed by atoms with Gasteiger partial charge in [0.05, 0.1) is 0 Å². The predicted octanol–water partition coefficient (Wildman–Crippen LogP) is 3.03. The van der Waals surface area contributed by atoms with Gasteiger partial charge < -0.3 is 9.84 Å². The van der Waals surface area contributed by atoms with Crippen molar-refractivity contribution in [3.05, 3.63) is 29.8 Å². The molecule has 3 nitrogen and oxygen atoms in total. The fourth-order valence-electron chi connectivity index (χ4n) is 3.58. The molecule has 2 saturated heterocycles. The number of halogens is 3. The third kappa shape index (κ3) is 2.87. The van der Waals surface area contributed by atoms with Crippen LogP contribution in [-0.2, 0) is 5.60 Å². The number of piperidine rings is 1. The van der Waals surface area contributed by atoms with Gasteiger partial charge in [-0.05, 0) is 43.5 Å². The van der Waals surface area contributed by atoms with Gasteiger partial charge in [0.2, 0.25) is 0 Å². The van der Waals surface area contributed by atoms with Crippen molar-refractivity contribution in [2.45, 2.75) is 43.7 Å². The summed E-state index contributed by atoms with van der Waals surface area (Å²) < 4.78 is 40.9. The highest BCUT2D eigenvalue weighted by Gasteiger charge is 2.48. The minimum absolute atomic E-state index is 0.00705. The summed E-state index contributed by atoms with van der Waals surface area (Å²) in [4.78, 5) is 2.24. The van der Waals surface area contributed by atoms with Crippen molar-refractivity contribution in [2.24, 2.45) is 0 Å². The maximum atomic E-state index is 12.3. The Morgan fingerprint density at radius 1 is 1.24 bits per heavy atom. The van der Waals surface area contributed by atoms with Gasteiger partial charge in [0, 0.05) is 12.6 Å². The van der Waals surface area contributed by atoms with Crippen molar-refractivity contribution in [3.63, 3.8) is 0 Å². The molecule has 0 spiro atoms. The van der Waals surface area contributed by atoms with Crippen molar-refractivity contribution < 1.29 is 23.0 Å². The van der Waals surface area contributed by atoms with Crippen LogP contribution >= 0.6 is 0 Å². The summed E-state index contributed by atoms with van der Waals surface area (Å²) in [5, 5.41) is 11.0. The van der Waals surface area contributed by atoms with Crippen LogP contribution in [0, 0.1) is 0 Å². The average molecular weight is 301 g/mol. The van der Waals surface area contributed by atoms with E-state index in [-0.39, 0.29) is 11.8 Å². The second-order valence-electron chi connectivity index (χ2n) is 5.80. The van der Waals surface area contributed by atoms with E-state index in [9.17, 15) is 18.3 Å². The van der Waals surface area contributed by atoms with Gasteiger partial charge in [0.15, 0.2) is 0 Å². The van der Waals surface area contributed by atoms with Crippen LogP contribution in [0.4, 0.5) is 13.2 Å². The smallest absolute Gasteiger partial charge is 0.406 e. The highest BCUT2D eigenvalue weighted by Crippen LogP contribution is 2.43. The fraction of sp³-hybridized carbons (Fsp3) is 0.600. The molecule has 2 aliphatic heterocycles. The van der Waals surface area contributed by atoms with Gasteiger partial charge in [-0.15, -0.1) is 13.2 Å². The summed E-state index contributed by atoms with van der Waals surface area (Å²) >= 11 is 0. The number of hydrogen-bond acceptors (Lipinski definition) is 3. The molecule has 0 aromatic heterocycles. The van der Waals surface area contributed by atoms with E-state index in [1.807, 2.05) is 0 Å². The molecule has 1 aromatic rings. The number of aliphatic hydroxyl groups is 1. The molecule has 21 heavy (non-hydrogen) atoms. The molecule has 0 amide bonds. The molecule has 2 fully saturated rings. The number of fused-ring (bicyclic) bond motifs is 1. The molecule has 1 N–H and O–H groups in total. The Kier molecular flexibility index (Phi) is 3.61. The first-order chi connectivity index (χ1) is 9.88. The number of benzene rings is 1. The van der Waals surface area contributed by atoms with Crippen molar-refractivity contribution in [3.8, 4) is 5.75 Å². The Labute approximate surface area is 121 Å². The van der Waals surface area contributed by atoms with E-state index in [4.69, 9.17) is 0 Å². The van der Waals surface area contributed by atoms with Gasteiger partial charge in [-0.1, -0.05) is 18.6 Å². The number of rotatable bonds is 2. The van der Waals surface area contributed by atoms with Crippen LogP contribution in [0.1, 0.15) is 31.2 Å². The number of nitrogens with zero attached hydrogens (tertiary/aromatic N) is 1. The maximum Gasteiger partial charge on any atom is 0.573 e. The largest absolute Gasteiger partial charge is 0.573 e. The van der Waals surface area contributed by atoms with Crippen molar-refractivity contribution >= 4 is 0 Å². The lowest BCUT2D eigenvalue weighted by Gasteiger charge is -2.37. The summed E-state index contributed by atoms with van der Waals surface area (Å²) in [7, 11) is 0.